The molecule has 0 saturated carbocycles. The number of aliphatic hydroxyl groups excluding tert-OH is 1. The SMILES string of the molecule is CCCC(C)(C)N(OC(CO)c1ccccc1)C(C)(C)C. The minimum Gasteiger partial charge on any atom is -0.393 e. The molecule has 0 saturated heterocycles. The number of hydrogen-bond donors (Lipinski definition) is 1. The second kappa shape index (κ2) is 7.39. The number of hydroxylamine groups is 2. The monoisotopic (exact) mass is 293 g/mol. The summed E-state index contributed by atoms with van der Waals surface area (Å²) in [5, 5.41) is 11.8. The van der Waals surface area contributed by atoms with E-state index >= 15 is 0 Å². The Morgan fingerprint density at radius 3 is 2.10 bits per heavy atom. The number of rotatable bonds is 7. The van der Waals surface area contributed by atoms with Gasteiger partial charge in [0.1, 0.15) is 6.10 Å². The van der Waals surface area contributed by atoms with Crippen LogP contribution in [0.5, 0.6) is 0 Å². The first kappa shape index (κ1) is 18.1. The van der Waals surface area contributed by atoms with Crippen molar-refractivity contribution in [3.8, 4) is 0 Å². The van der Waals surface area contributed by atoms with Gasteiger partial charge in [0.05, 0.1) is 6.61 Å². The molecule has 0 fully saturated rings. The van der Waals surface area contributed by atoms with Crippen LogP contribution in [-0.2, 0) is 4.84 Å². The van der Waals surface area contributed by atoms with Gasteiger partial charge in [-0.15, -0.1) is 0 Å². The van der Waals surface area contributed by atoms with Gasteiger partial charge in [-0.05, 0) is 46.6 Å². The highest BCUT2D eigenvalue weighted by Gasteiger charge is 2.37. The van der Waals surface area contributed by atoms with E-state index in [-0.39, 0.29) is 23.8 Å². The third kappa shape index (κ3) is 5.10. The van der Waals surface area contributed by atoms with Crippen molar-refractivity contribution in [1.29, 1.82) is 0 Å². The number of aliphatic hydroxyl groups is 1. The summed E-state index contributed by atoms with van der Waals surface area (Å²) in [4.78, 5) is 6.25. The van der Waals surface area contributed by atoms with Crippen LogP contribution in [-0.4, -0.2) is 27.9 Å². The molecule has 0 spiro atoms. The predicted molar refractivity (Wildman–Crippen MR) is 87.9 cm³/mol. The first-order valence-corrected chi connectivity index (χ1v) is 7.85. The fourth-order valence-corrected chi connectivity index (χ4v) is 2.92. The summed E-state index contributed by atoms with van der Waals surface area (Å²) in [7, 11) is 0. The number of hydrogen-bond acceptors (Lipinski definition) is 3. The number of nitrogens with zero attached hydrogens (tertiary/aromatic N) is 1. The summed E-state index contributed by atoms with van der Waals surface area (Å²) in [5.41, 5.74) is 0.775. The highest BCUT2D eigenvalue weighted by atomic mass is 16.7. The van der Waals surface area contributed by atoms with E-state index in [0.717, 1.165) is 18.4 Å². The van der Waals surface area contributed by atoms with E-state index < -0.39 is 0 Å². The van der Waals surface area contributed by atoms with Crippen LogP contribution in [0, 0.1) is 0 Å². The summed E-state index contributed by atoms with van der Waals surface area (Å²) in [5.74, 6) is 0. The topological polar surface area (TPSA) is 32.7 Å². The van der Waals surface area contributed by atoms with E-state index in [1.807, 2.05) is 30.3 Å². The zero-order valence-corrected chi connectivity index (χ0v) is 14.4. The van der Waals surface area contributed by atoms with Gasteiger partial charge in [0.15, 0.2) is 0 Å². The molecule has 0 aliphatic carbocycles. The maximum Gasteiger partial charge on any atom is 0.127 e. The van der Waals surface area contributed by atoms with Crippen LogP contribution in [0.15, 0.2) is 30.3 Å². The van der Waals surface area contributed by atoms with E-state index in [1.54, 1.807) is 0 Å². The molecule has 0 aromatic heterocycles. The van der Waals surface area contributed by atoms with E-state index in [9.17, 15) is 5.11 Å². The fraction of sp³-hybridized carbons (Fsp3) is 0.667. The van der Waals surface area contributed by atoms with Gasteiger partial charge in [-0.25, -0.2) is 0 Å². The maximum atomic E-state index is 9.74. The Kier molecular flexibility index (Phi) is 6.39. The minimum atomic E-state index is -0.332. The van der Waals surface area contributed by atoms with Crippen molar-refractivity contribution in [3.63, 3.8) is 0 Å². The summed E-state index contributed by atoms with van der Waals surface area (Å²) in [6.45, 7) is 13.0. The lowest BCUT2D eigenvalue weighted by atomic mass is 9.93. The molecule has 0 bridgehead atoms. The largest absolute Gasteiger partial charge is 0.393 e. The van der Waals surface area contributed by atoms with E-state index in [0.29, 0.717) is 0 Å². The molecule has 3 nitrogen and oxygen atoms in total. The average Bonchev–Trinajstić information content (AvgIpc) is 2.39. The molecule has 1 aromatic rings. The van der Waals surface area contributed by atoms with Crippen molar-refractivity contribution in [3.05, 3.63) is 35.9 Å². The molecule has 0 aliphatic rings. The van der Waals surface area contributed by atoms with Crippen LogP contribution in [0.1, 0.15) is 66.1 Å². The quantitative estimate of drug-likeness (QED) is 0.759. The highest BCUT2D eigenvalue weighted by Crippen LogP contribution is 2.33. The Morgan fingerprint density at radius 1 is 1.10 bits per heavy atom. The molecule has 120 valence electrons. The van der Waals surface area contributed by atoms with Gasteiger partial charge < -0.3 is 5.11 Å². The van der Waals surface area contributed by atoms with Crippen LogP contribution < -0.4 is 0 Å². The van der Waals surface area contributed by atoms with Crippen LogP contribution in [0.2, 0.25) is 0 Å². The lowest BCUT2D eigenvalue weighted by Gasteiger charge is -2.47. The molecule has 1 unspecified atom stereocenters. The standard InChI is InChI=1S/C18H31NO2/c1-7-13-18(5,6)19(17(2,3)4)21-16(14-20)15-11-9-8-10-12-15/h8-12,16,20H,7,13-14H2,1-6H3. The van der Waals surface area contributed by atoms with Crippen molar-refractivity contribution < 1.29 is 9.94 Å². The normalized spacial score (nSPS) is 14.5. The van der Waals surface area contributed by atoms with Crippen LogP contribution in [0.4, 0.5) is 0 Å². The lowest BCUT2D eigenvalue weighted by Crippen LogP contribution is -2.54. The van der Waals surface area contributed by atoms with Crippen LogP contribution >= 0.6 is 0 Å². The van der Waals surface area contributed by atoms with Gasteiger partial charge in [-0.3, -0.25) is 4.84 Å². The van der Waals surface area contributed by atoms with E-state index in [4.69, 9.17) is 4.84 Å². The second-order valence-corrected chi connectivity index (χ2v) is 7.21. The molecule has 0 radical (unpaired) electrons. The molecule has 0 amide bonds. The Hall–Kier alpha value is -0.900. The molecule has 1 atom stereocenters. The van der Waals surface area contributed by atoms with Crippen molar-refractivity contribution in [1.82, 2.24) is 5.06 Å². The molecular formula is C18H31NO2. The summed E-state index contributed by atoms with van der Waals surface area (Å²) in [6, 6.07) is 9.91. The summed E-state index contributed by atoms with van der Waals surface area (Å²) >= 11 is 0. The molecule has 0 heterocycles. The third-order valence-corrected chi connectivity index (χ3v) is 3.59. The van der Waals surface area contributed by atoms with E-state index in [1.165, 1.54) is 0 Å². The Labute approximate surface area is 129 Å². The first-order valence-electron chi connectivity index (χ1n) is 7.85. The van der Waals surface area contributed by atoms with Crippen LogP contribution in [0.25, 0.3) is 0 Å². The van der Waals surface area contributed by atoms with Crippen LogP contribution in [0.3, 0.4) is 0 Å². The third-order valence-electron chi connectivity index (χ3n) is 3.59. The minimum absolute atomic E-state index is 0.0290. The molecule has 21 heavy (non-hydrogen) atoms. The Bertz CT molecular complexity index is 409. The van der Waals surface area contributed by atoms with Crippen molar-refractivity contribution in [2.24, 2.45) is 0 Å². The van der Waals surface area contributed by atoms with Crippen molar-refractivity contribution >= 4 is 0 Å². The Morgan fingerprint density at radius 2 is 1.67 bits per heavy atom. The predicted octanol–water partition coefficient (Wildman–Crippen LogP) is 4.33. The summed E-state index contributed by atoms with van der Waals surface area (Å²) < 4.78 is 0. The fourth-order valence-electron chi connectivity index (χ4n) is 2.92. The Balaban J connectivity index is 3.00. The first-order chi connectivity index (χ1) is 9.72. The molecular weight excluding hydrogens is 262 g/mol. The van der Waals surface area contributed by atoms with Crippen molar-refractivity contribution in [2.45, 2.75) is 71.6 Å². The molecule has 0 aliphatic heterocycles. The zero-order valence-electron chi connectivity index (χ0n) is 14.4. The van der Waals surface area contributed by atoms with E-state index in [2.05, 4.69) is 46.6 Å². The molecule has 1 N–H and O–H groups in total. The van der Waals surface area contributed by atoms with Gasteiger partial charge in [-0.2, -0.15) is 5.06 Å². The van der Waals surface area contributed by atoms with Gasteiger partial charge in [0, 0.05) is 11.1 Å². The van der Waals surface area contributed by atoms with Gasteiger partial charge >= 0.3 is 0 Å². The molecule has 3 heteroatoms. The maximum absolute atomic E-state index is 9.74. The molecule has 1 rings (SSSR count). The summed E-state index contributed by atoms with van der Waals surface area (Å²) in [6.07, 6.45) is 1.80. The second-order valence-electron chi connectivity index (χ2n) is 7.21. The van der Waals surface area contributed by atoms with Gasteiger partial charge in [0.2, 0.25) is 0 Å². The van der Waals surface area contributed by atoms with Gasteiger partial charge in [-0.1, -0.05) is 43.7 Å². The smallest absolute Gasteiger partial charge is 0.127 e. The number of benzene rings is 1. The zero-order chi connectivity index (χ0) is 16.1. The van der Waals surface area contributed by atoms with Crippen molar-refractivity contribution in [2.75, 3.05) is 6.61 Å². The highest BCUT2D eigenvalue weighted by molar-refractivity contribution is 5.17. The van der Waals surface area contributed by atoms with Gasteiger partial charge in [0.25, 0.3) is 0 Å². The average molecular weight is 293 g/mol. The molecule has 1 aromatic carbocycles. The lowest BCUT2D eigenvalue weighted by molar-refractivity contribution is -0.296.